The first-order valence-corrected chi connectivity index (χ1v) is 19.6. The first-order valence-electron chi connectivity index (χ1n) is 19.6. The van der Waals surface area contributed by atoms with Gasteiger partial charge in [-0.2, -0.15) is 0 Å². The SMILES string of the molecule is CCCCCCCCCCCCCCCCCCCCCC(=O)OC(=O)OCCCCCCCCCCCCCCCC. The van der Waals surface area contributed by atoms with Crippen molar-refractivity contribution >= 4 is 12.1 Å². The van der Waals surface area contributed by atoms with Crippen molar-refractivity contribution in [1.82, 2.24) is 0 Å². The van der Waals surface area contributed by atoms with E-state index in [0.717, 1.165) is 32.1 Å². The van der Waals surface area contributed by atoms with Crippen LogP contribution in [-0.4, -0.2) is 18.7 Å². The summed E-state index contributed by atoms with van der Waals surface area (Å²) < 4.78 is 9.89. The lowest BCUT2D eigenvalue weighted by Crippen LogP contribution is -2.14. The van der Waals surface area contributed by atoms with E-state index in [0.29, 0.717) is 13.0 Å². The normalized spacial score (nSPS) is 11.2. The summed E-state index contributed by atoms with van der Waals surface area (Å²) in [6, 6.07) is 0. The van der Waals surface area contributed by atoms with Gasteiger partial charge in [-0.25, -0.2) is 4.79 Å². The zero-order chi connectivity index (χ0) is 31.3. The maximum Gasteiger partial charge on any atom is 0.516 e. The molecule has 256 valence electrons. The predicted molar refractivity (Wildman–Crippen MR) is 186 cm³/mol. The summed E-state index contributed by atoms with van der Waals surface area (Å²) in [5.74, 6) is -0.446. The molecule has 0 aliphatic rings. The van der Waals surface area contributed by atoms with E-state index in [1.165, 1.54) is 180 Å². The highest BCUT2D eigenvalue weighted by Crippen LogP contribution is 2.16. The topological polar surface area (TPSA) is 52.6 Å². The molecule has 0 unspecified atom stereocenters. The van der Waals surface area contributed by atoms with Crippen molar-refractivity contribution in [2.24, 2.45) is 0 Å². The van der Waals surface area contributed by atoms with Crippen LogP contribution in [0, 0.1) is 0 Å². The number of hydrogen-bond acceptors (Lipinski definition) is 4. The van der Waals surface area contributed by atoms with Crippen molar-refractivity contribution in [3.63, 3.8) is 0 Å². The highest BCUT2D eigenvalue weighted by atomic mass is 16.7. The summed E-state index contributed by atoms with van der Waals surface area (Å²) >= 11 is 0. The van der Waals surface area contributed by atoms with Gasteiger partial charge in [0, 0.05) is 6.42 Å². The Balaban J connectivity index is 3.26. The molecule has 4 heteroatoms. The van der Waals surface area contributed by atoms with Crippen molar-refractivity contribution in [2.45, 2.75) is 232 Å². The lowest BCUT2D eigenvalue weighted by atomic mass is 10.0. The van der Waals surface area contributed by atoms with Crippen LogP contribution in [0.25, 0.3) is 0 Å². The molecule has 0 aliphatic carbocycles. The van der Waals surface area contributed by atoms with Crippen molar-refractivity contribution < 1.29 is 19.1 Å². The van der Waals surface area contributed by atoms with Gasteiger partial charge in [0.1, 0.15) is 0 Å². The van der Waals surface area contributed by atoms with Crippen LogP contribution in [0.5, 0.6) is 0 Å². The minimum atomic E-state index is -0.822. The van der Waals surface area contributed by atoms with Gasteiger partial charge >= 0.3 is 12.1 Å². The van der Waals surface area contributed by atoms with Crippen LogP contribution in [-0.2, 0) is 14.3 Å². The summed E-state index contributed by atoms with van der Waals surface area (Å²) in [5, 5.41) is 0. The lowest BCUT2D eigenvalue weighted by molar-refractivity contribution is -0.139. The summed E-state index contributed by atoms with van der Waals surface area (Å²) in [7, 11) is 0. The highest BCUT2D eigenvalue weighted by Gasteiger charge is 2.11. The molecule has 0 aromatic rings. The van der Waals surface area contributed by atoms with E-state index in [-0.39, 0.29) is 0 Å². The summed E-state index contributed by atoms with van der Waals surface area (Å²) in [6.45, 7) is 4.91. The number of carbonyl (C=O) groups is 2. The average Bonchev–Trinajstić information content (AvgIpc) is 3.00. The van der Waals surface area contributed by atoms with Crippen LogP contribution in [0.2, 0.25) is 0 Å². The van der Waals surface area contributed by atoms with Crippen molar-refractivity contribution in [1.29, 1.82) is 0 Å². The van der Waals surface area contributed by atoms with E-state index in [1.54, 1.807) is 0 Å². The summed E-state index contributed by atoms with van der Waals surface area (Å²) in [6.07, 6.45) is 42.9. The third kappa shape index (κ3) is 37.0. The monoisotopic (exact) mass is 609 g/mol. The molecule has 0 spiro atoms. The quantitative estimate of drug-likeness (QED) is 0.0408. The molecule has 0 N–H and O–H groups in total. The molecular formula is C39H76O4. The molecule has 0 saturated carbocycles. The van der Waals surface area contributed by atoms with E-state index in [9.17, 15) is 9.59 Å². The number of esters is 1. The number of rotatable bonds is 35. The zero-order valence-corrected chi connectivity index (χ0v) is 29.4. The number of hydrogen-bond donors (Lipinski definition) is 0. The molecule has 0 aromatic heterocycles. The zero-order valence-electron chi connectivity index (χ0n) is 29.4. The minimum absolute atomic E-state index is 0.312. The second-order valence-electron chi connectivity index (χ2n) is 13.3. The molecule has 0 radical (unpaired) electrons. The maximum absolute atomic E-state index is 11.9. The van der Waals surface area contributed by atoms with Gasteiger partial charge in [0.15, 0.2) is 0 Å². The lowest BCUT2D eigenvalue weighted by Gasteiger charge is -2.06. The van der Waals surface area contributed by atoms with Gasteiger partial charge < -0.3 is 9.47 Å². The fraction of sp³-hybridized carbons (Fsp3) is 0.949. The first kappa shape index (κ1) is 41.9. The molecule has 0 heterocycles. The van der Waals surface area contributed by atoms with Crippen molar-refractivity contribution in [2.75, 3.05) is 6.61 Å². The Morgan fingerprint density at radius 2 is 0.605 bits per heavy atom. The molecule has 0 amide bonds. The van der Waals surface area contributed by atoms with Gasteiger partial charge in [-0.05, 0) is 12.8 Å². The molecule has 0 fully saturated rings. The van der Waals surface area contributed by atoms with E-state index in [1.807, 2.05) is 0 Å². The second kappa shape index (κ2) is 37.1. The van der Waals surface area contributed by atoms with E-state index in [4.69, 9.17) is 9.47 Å². The molecule has 43 heavy (non-hydrogen) atoms. The number of unbranched alkanes of at least 4 members (excludes halogenated alkanes) is 31. The molecule has 0 saturated heterocycles. The Bertz CT molecular complexity index is 561. The van der Waals surface area contributed by atoms with Gasteiger partial charge in [0.05, 0.1) is 6.61 Å². The van der Waals surface area contributed by atoms with Gasteiger partial charge in [0.2, 0.25) is 0 Å². The Hall–Kier alpha value is -1.06. The third-order valence-corrected chi connectivity index (χ3v) is 8.90. The summed E-state index contributed by atoms with van der Waals surface area (Å²) in [5.41, 5.74) is 0. The Kier molecular flexibility index (Phi) is 36.2. The standard InChI is InChI=1S/C39H76O4/c1-3-5-7-9-11-13-15-17-19-20-21-22-23-24-26-28-30-32-34-36-38(40)43-39(41)42-37-35-33-31-29-27-25-18-16-14-12-10-8-6-4-2/h3-37H2,1-2H3. The van der Waals surface area contributed by atoms with Gasteiger partial charge in [-0.1, -0.05) is 213 Å². The van der Waals surface area contributed by atoms with Crippen LogP contribution in [0.15, 0.2) is 0 Å². The molecule has 0 bridgehead atoms. The fourth-order valence-corrected chi connectivity index (χ4v) is 5.97. The smallest absolute Gasteiger partial charge is 0.434 e. The minimum Gasteiger partial charge on any atom is -0.434 e. The van der Waals surface area contributed by atoms with Crippen molar-refractivity contribution in [3.8, 4) is 0 Å². The molecule has 0 aromatic carbocycles. The van der Waals surface area contributed by atoms with Crippen LogP contribution in [0.3, 0.4) is 0 Å². The number of carbonyl (C=O) groups excluding carboxylic acids is 2. The molecule has 0 atom stereocenters. The van der Waals surface area contributed by atoms with Gasteiger partial charge in [-0.15, -0.1) is 0 Å². The predicted octanol–water partition coefficient (Wildman–Crippen LogP) is 14.0. The van der Waals surface area contributed by atoms with Crippen LogP contribution >= 0.6 is 0 Å². The van der Waals surface area contributed by atoms with E-state index < -0.39 is 12.1 Å². The average molecular weight is 609 g/mol. The molecule has 0 rings (SSSR count). The van der Waals surface area contributed by atoms with E-state index in [2.05, 4.69) is 13.8 Å². The van der Waals surface area contributed by atoms with Crippen LogP contribution < -0.4 is 0 Å². The van der Waals surface area contributed by atoms with Crippen LogP contribution in [0.4, 0.5) is 4.79 Å². The molecule has 0 aliphatic heterocycles. The van der Waals surface area contributed by atoms with Crippen LogP contribution in [0.1, 0.15) is 232 Å². The second-order valence-corrected chi connectivity index (χ2v) is 13.3. The van der Waals surface area contributed by atoms with Gasteiger partial charge in [0.25, 0.3) is 0 Å². The van der Waals surface area contributed by atoms with E-state index >= 15 is 0 Å². The third-order valence-electron chi connectivity index (χ3n) is 8.90. The molecular weight excluding hydrogens is 532 g/mol. The highest BCUT2D eigenvalue weighted by molar-refractivity contribution is 5.81. The Morgan fingerprint density at radius 3 is 0.907 bits per heavy atom. The molecule has 4 nitrogen and oxygen atoms in total. The fourth-order valence-electron chi connectivity index (χ4n) is 5.97. The maximum atomic E-state index is 11.9. The Labute approximate surface area is 269 Å². The first-order chi connectivity index (χ1) is 21.2. The van der Waals surface area contributed by atoms with Gasteiger partial charge in [-0.3, -0.25) is 4.79 Å². The largest absolute Gasteiger partial charge is 0.516 e. The Morgan fingerprint density at radius 1 is 0.349 bits per heavy atom. The summed E-state index contributed by atoms with van der Waals surface area (Å²) in [4.78, 5) is 23.6. The number of ether oxygens (including phenoxy) is 2. The van der Waals surface area contributed by atoms with Crippen molar-refractivity contribution in [3.05, 3.63) is 0 Å².